The van der Waals surface area contributed by atoms with Crippen LogP contribution in [0.4, 0.5) is 0 Å². The van der Waals surface area contributed by atoms with Crippen molar-refractivity contribution in [2.24, 2.45) is 5.16 Å². The average Bonchev–Trinajstić information content (AvgIpc) is 2.32. The molecule has 112 valence electrons. The van der Waals surface area contributed by atoms with Gasteiger partial charge in [-0.05, 0) is 12.2 Å². The first-order valence-corrected chi connectivity index (χ1v) is 5.68. The van der Waals surface area contributed by atoms with E-state index in [1.165, 1.54) is 32.9 Å². The maximum atomic E-state index is 11.0. The second-order valence-corrected chi connectivity index (χ2v) is 3.67. The van der Waals surface area contributed by atoms with E-state index >= 15 is 0 Å². The van der Waals surface area contributed by atoms with Gasteiger partial charge in [0.25, 0.3) is 0 Å². The van der Waals surface area contributed by atoms with E-state index in [1.54, 1.807) is 0 Å². The van der Waals surface area contributed by atoms with Gasteiger partial charge in [-0.1, -0.05) is 5.16 Å². The number of oxime groups is 1. The highest BCUT2D eigenvalue weighted by Gasteiger charge is 2.26. The van der Waals surface area contributed by atoms with Crippen LogP contribution in [0, 0.1) is 0 Å². The highest BCUT2D eigenvalue weighted by molar-refractivity contribution is 5.71. The van der Waals surface area contributed by atoms with Crippen LogP contribution in [0.3, 0.4) is 0 Å². The predicted octanol–water partition coefficient (Wildman–Crippen LogP) is 0.429. The second-order valence-electron chi connectivity index (χ2n) is 3.67. The molecule has 0 fully saturated rings. The molecule has 0 spiro atoms. The van der Waals surface area contributed by atoms with Gasteiger partial charge in [-0.25, -0.2) is 0 Å². The average molecular weight is 287 g/mol. The van der Waals surface area contributed by atoms with Crippen molar-refractivity contribution in [2.75, 3.05) is 6.61 Å². The molecule has 0 rings (SSSR count). The molecule has 1 N–H and O–H groups in total. The molecule has 0 heterocycles. The van der Waals surface area contributed by atoms with E-state index < -0.39 is 30.1 Å². The van der Waals surface area contributed by atoms with Gasteiger partial charge < -0.3 is 19.4 Å². The van der Waals surface area contributed by atoms with Crippen LogP contribution < -0.4 is 0 Å². The Balaban J connectivity index is 4.97. The number of esters is 3. The molecule has 0 radical (unpaired) electrons. The molecule has 0 aromatic heterocycles. The summed E-state index contributed by atoms with van der Waals surface area (Å²) in [6.07, 6.45) is 1.68. The zero-order valence-electron chi connectivity index (χ0n) is 11.4. The van der Waals surface area contributed by atoms with Gasteiger partial charge >= 0.3 is 17.9 Å². The van der Waals surface area contributed by atoms with Crippen molar-refractivity contribution < 1.29 is 33.8 Å². The van der Waals surface area contributed by atoms with E-state index in [1.807, 2.05) is 0 Å². The number of ether oxygens (including phenoxy) is 3. The molecule has 0 unspecified atom stereocenters. The Kier molecular flexibility index (Phi) is 8.40. The summed E-state index contributed by atoms with van der Waals surface area (Å²) in [5.74, 6) is -1.80. The van der Waals surface area contributed by atoms with Gasteiger partial charge in [0.1, 0.15) is 6.61 Å². The summed E-state index contributed by atoms with van der Waals surface area (Å²) in [4.78, 5) is 32.8. The standard InChI is InChI=1S/C12H17NO7/c1-8(14)18-7-12(20-10(3)16)11(19-9(2)15)5-4-6-13-17/h4-6,11-12,17H,7H2,1-3H3/b5-4+,13-6+/t11-,12-/m1/s1. The first-order chi connectivity index (χ1) is 9.36. The van der Waals surface area contributed by atoms with E-state index in [0.717, 1.165) is 6.21 Å². The van der Waals surface area contributed by atoms with E-state index in [2.05, 4.69) is 5.16 Å². The molecule has 2 atom stereocenters. The topological polar surface area (TPSA) is 111 Å². The van der Waals surface area contributed by atoms with E-state index in [9.17, 15) is 14.4 Å². The number of hydrogen-bond donors (Lipinski definition) is 1. The molecular weight excluding hydrogens is 270 g/mol. The summed E-state index contributed by atoms with van der Waals surface area (Å²) >= 11 is 0. The van der Waals surface area contributed by atoms with Crippen molar-refractivity contribution in [1.29, 1.82) is 0 Å². The summed E-state index contributed by atoms with van der Waals surface area (Å²) < 4.78 is 14.6. The summed E-state index contributed by atoms with van der Waals surface area (Å²) in [7, 11) is 0. The fourth-order valence-corrected chi connectivity index (χ4v) is 1.24. The molecule has 8 heteroatoms. The monoisotopic (exact) mass is 287 g/mol. The van der Waals surface area contributed by atoms with Gasteiger partial charge in [-0.3, -0.25) is 14.4 Å². The van der Waals surface area contributed by atoms with Crippen LogP contribution in [0.25, 0.3) is 0 Å². The minimum absolute atomic E-state index is 0.270. The van der Waals surface area contributed by atoms with Crippen molar-refractivity contribution >= 4 is 24.1 Å². The molecule has 0 aliphatic rings. The van der Waals surface area contributed by atoms with Gasteiger partial charge in [0.05, 0.1) is 6.21 Å². The molecule has 0 aliphatic heterocycles. The zero-order chi connectivity index (χ0) is 15.5. The van der Waals surface area contributed by atoms with Crippen LogP contribution in [-0.4, -0.2) is 48.1 Å². The van der Waals surface area contributed by atoms with Gasteiger partial charge in [0.15, 0.2) is 12.2 Å². The molecule has 8 nitrogen and oxygen atoms in total. The Morgan fingerprint density at radius 3 is 2.15 bits per heavy atom. The molecule has 0 amide bonds. The van der Waals surface area contributed by atoms with Crippen LogP contribution >= 0.6 is 0 Å². The Morgan fingerprint density at radius 1 is 1.10 bits per heavy atom. The molecule has 0 aromatic rings. The van der Waals surface area contributed by atoms with Crippen molar-refractivity contribution in [1.82, 2.24) is 0 Å². The number of nitrogens with zero attached hydrogens (tertiary/aromatic N) is 1. The number of rotatable bonds is 7. The van der Waals surface area contributed by atoms with E-state index in [4.69, 9.17) is 19.4 Å². The third-order valence-electron chi connectivity index (χ3n) is 1.89. The van der Waals surface area contributed by atoms with Crippen molar-refractivity contribution in [2.45, 2.75) is 33.0 Å². The Morgan fingerprint density at radius 2 is 1.70 bits per heavy atom. The quantitative estimate of drug-likeness (QED) is 0.237. The van der Waals surface area contributed by atoms with Crippen LogP contribution in [-0.2, 0) is 28.6 Å². The lowest BCUT2D eigenvalue weighted by Crippen LogP contribution is -2.37. The molecule has 0 saturated carbocycles. The minimum Gasteiger partial charge on any atom is -0.462 e. The third kappa shape index (κ3) is 8.67. The number of carbonyl (C=O) groups is 3. The second kappa shape index (κ2) is 9.54. The number of carbonyl (C=O) groups excluding carboxylic acids is 3. The molecular formula is C12H17NO7. The fourth-order valence-electron chi connectivity index (χ4n) is 1.24. The molecule has 20 heavy (non-hydrogen) atoms. The summed E-state index contributed by atoms with van der Waals surface area (Å²) in [6, 6.07) is 0. The van der Waals surface area contributed by atoms with Gasteiger partial charge in [-0.15, -0.1) is 0 Å². The van der Waals surface area contributed by atoms with Gasteiger partial charge in [-0.2, -0.15) is 0 Å². The van der Waals surface area contributed by atoms with Crippen molar-refractivity contribution in [3.8, 4) is 0 Å². The van der Waals surface area contributed by atoms with Crippen LogP contribution in [0.5, 0.6) is 0 Å². The lowest BCUT2D eigenvalue weighted by molar-refractivity contribution is -0.169. The maximum absolute atomic E-state index is 11.0. The molecule has 0 aliphatic carbocycles. The number of hydrogen-bond acceptors (Lipinski definition) is 8. The Hall–Kier alpha value is -2.38. The summed E-state index contributed by atoms with van der Waals surface area (Å²) in [6.45, 7) is 3.27. The van der Waals surface area contributed by atoms with Crippen molar-refractivity contribution in [3.05, 3.63) is 12.2 Å². The van der Waals surface area contributed by atoms with E-state index in [-0.39, 0.29) is 6.61 Å². The fraction of sp³-hybridized carbons (Fsp3) is 0.500. The SMILES string of the molecule is CC(=O)OC[C@@H](OC(C)=O)[C@@H](/C=C/C=N/O)OC(C)=O. The van der Waals surface area contributed by atoms with Crippen molar-refractivity contribution in [3.63, 3.8) is 0 Å². The number of allylic oxidation sites excluding steroid dienone is 1. The lowest BCUT2D eigenvalue weighted by Gasteiger charge is -2.23. The largest absolute Gasteiger partial charge is 0.462 e. The van der Waals surface area contributed by atoms with Crippen LogP contribution in [0.2, 0.25) is 0 Å². The summed E-state index contributed by atoms with van der Waals surface area (Å²) in [5, 5.41) is 11.0. The zero-order valence-corrected chi connectivity index (χ0v) is 11.4. The Bertz CT molecular complexity index is 403. The smallest absolute Gasteiger partial charge is 0.303 e. The first kappa shape index (κ1) is 17.6. The first-order valence-electron chi connectivity index (χ1n) is 5.68. The third-order valence-corrected chi connectivity index (χ3v) is 1.89. The maximum Gasteiger partial charge on any atom is 0.303 e. The minimum atomic E-state index is -0.997. The normalized spacial score (nSPS) is 13.9. The molecule has 0 saturated heterocycles. The van der Waals surface area contributed by atoms with Crippen LogP contribution in [0.15, 0.2) is 17.3 Å². The molecule has 0 bridgehead atoms. The highest BCUT2D eigenvalue weighted by Crippen LogP contribution is 2.09. The lowest BCUT2D eigenvalue weighted by atomic mass is 10.2. The van der Waals surface area contributed by atoms with Gasteiger partial charge in [0, 0.05) is 20.8 Å². The highest BCUT2D eigenvalue weighted by atomic mass is 16.6. The van der Waals surface area contributed by atoms with E-state index in [0.29, 0.717) is 0 Å². The van der Waals surface area contributed by atoms with Gasteiger partial charge in [0.2, 0.25) is 0 Å². The predicted molar refractivity (Wildman–Crippen MR) is 67.2 cm³/mol. The Labute approximate surface area is 116 Å². The summed E-state index contributed by atoms with van der Waals surface area (Å²) in [5.41, 5.74) is 0. The van der Waals surface area contributed by atoms with Crippen LogP contribution in [0.1, 0.15) is 20.8 Å². The molecule has 0 aromatic carbocycles.